The van der Waals surface area contributed by atoms with E-state index in [9.17, 15) is 28.1 Å². The number of nitro benzene ring substituents is 1. The minimum Gasteiger partial charge on any atom is -0.452 e. The van der Waals surface area contributed by atoms with Crippen LogP contribution < -0.4 is 10.0 Å². The number of hydrogen-bond acceptors (Lipinski definition) is 9. The Hall–Kier alpha value is -4.36. The molecule has 1 aromatic heterocycles. The summed E-state index contributed by atoms with van der Waals surface area (Å²) in [5.74, 6) is -1.56. The van der Waals surface area contributed by atoms with Gasteiger partial charge in [0.15, 0.2) is 11.7 Å². The zero-order valence-electron chi connectivity index (χ0n) is 17.7. The molecule has 0 aliphatic rings. The fourth-order valence-corrected chi connectivity index (χ4v) is 5.01. The number of benzene rings is 3. The van der Waals surface area contributed by atoms with Crippen molar-refractivity contribution in [3.63, 3.8) is 0 Å². The monoisotopic (exact) mass is 512 g/mol. The number of nitrogens with one attached hydrogen (secondary N) is 2. The van der Waals surface area contributed by atoms with Crippen molar-refractivity contribution in [2.75, 3.05) is 16.6 Å². The summed E-state index contributed by atoms with van der Waals surface area (Å²) in [5.41, 5.74) is 0.0549. The molecular weight excluding hydrogens is 496 g/mol. The van der Waals surface area contributed by atoms with Crippen molar-refractivity contribution < 1.29 is 27.7 Å². The molecule has 0 spiro atoms. The molecule has 0 saturated carbocycles. The van der Waals surface area contributed by atoms with Gasteiger partial charge in [0.2, 0.25) is 0 Å². The number of nitro groups is 1. The molecule has 0 atom stereocenters. The number of ether oxygens (including phenoxy) is 1. The fraction of sp³-hybridized carbons (Fsp3) is 0.0455. The van der Waals surface area contributed by atoms with E-state index in [-0.39, 0.29) is 16.1 Å². The van der Waals surface area contributed by atoms with Crippen LogP contribution in [0.1, 0.15) is 10.4 Å². The van der Waals surface area contributed by atoms with Crippen molar-refractivity contribution in [2.45, 2.75) is 4.90 Å². The average Bonchev–Trinajstić information content (AvgIpc) is 3.25. The van der Waals surface area contributed by atoms with Crippen LogP contribution in [0.15, 0.2) is 77.7 Å². The lowest BCUT2D eigenvalue weighted by atomic mass is 10.2. The van der Waals surface area contributed by atoms with E-state index in [2.05, 4.69) is 15.0 Å². The van der Waals surface area contributed by atoms with E-state index in [0.29, 0.717) is 5.13 Å². The minimum absolute atomic E-state index is 0.115. The molecule has 0 unspecified atom stereocenters. The molecule has 0 fully saturated rings. The number of fused-ring (bicyclic) bond motifs is 1. The number of amides is 1. The highest BCUT2D eigenvalue weighted by Crippen LogP contribution is 2.26. The van der Waals surface area contributed by atoms with Crippen LogP contribution in [0.5, 0.6) is 0 Å². The normalized spacial score (nSPS) is 11.1. The van der Waals surface area contributed by atoms with Crippen molar-refractivity contribution in [1.82, 2.24) is 4.98 Å². The van der Waals surface area contributed by atoms with Crippen LogP contribution in [-0.2, 0) is 19.6 Å². The minimum atomic E-state index is -4.26. The summed E-state index contributed by atoms with van der Waals surface area (Å²) < 4.78 is 33.6. The first kappa shape index (κ1) is 23.8. The number of hydrogen-bond donors (Lipinski definition) is 2. The number of para-hydroxylation sites is 2. The predicted octanol–water partition coefficient (Wildman–Crippen LogP) is 3.80. The summed E-state index contributed by atoms with van der Waals surface area (Å²) in [6, 6.07) is 17.4. The van der Waals surface area contributed by atoms with Crippen molar-refractivity contribution in [2.24, 2.45) is 0 Å². The van der Waals surface area contributed by atoms with Gasteiger partial charge in [-0.3, -0.25) is 24.9 Å². The predicted molar refractivity (Wildman–Crippen MR) is 129 cm³/mol. The molecule has 13 heteroatoms. The second-order valence-electron chi connectivity index (χ2n) is 7.02. The number of rotatable bonds is 8. The molecule has 35 heavy (non-hydrogen) atoms. The van der Waals surface area contributed by atoms with E-state index in [1.165, 1.54) is 47.7 Å². The smallest absolute Gasteiger partial charge is 0.340 e. The summed E-state index contributed by atoms with van der Waals surface area (Å²) in [6.07, 6.45) is 0. The van der Waals surface area contributed by atoms with E-state index >= 15 is 0 Å². The number of thiazole rings is 1. The zero-order chi connectivity index (χ0) is 25.0. The Bertz CT molecular complexity index is 1520. The molecule has 178 valence electrons. The van der Waals surface area contributed by atoms with Gasteiger partial charge < -0.3 is 4.74 Å². The molecule has 2 N–H and O–H groups in total. The lowest BCUT2D eigenvalue weighted by Gasteiger charge is -2.12. The van der Waals surface area contributed by atoms with Crippen LogP contribution in [0.25, 0.3) is 10.2 Å². The summed E-state index contributed by atoms with van der Waals surface area (Å²) >= 11 is 1.26. The molecule has 1 amide bonds. The maximum Gasteiger partial charge on any atom is 0.340 e. The van der Waals surface area contributed by atoms with Crippen molar-refractivity contribution in [3.8, 4) is 0 Å². The van der Waals surface area contributed by atoms with Crippen molar-refractivity contribution >= 4 is 60.0 Å². The van der Waals surface area contributed by atoms with Crippen LogP contribution in [-0.4, -0.2) is 36.8 Å². The van der Waals surface area contributed by atoms with Crippen LogP contribution in [0.3, 0.4) is 0 Å². The molecule has 0 bridgehead atoms. The van der Waals surface area contributed by atoms with Gasteiger partial charge in [-0.25, -0.2) is 18.2 Å². The van der Waals surface area contributed by atoms with Gasteiger partial charge >= 0.3 is 5.97 Å². The molecule has 11 nitrogen and oxygen atoms in total. The Morgan fingerprint density at radius 1 is 1.03 bits per heavy atom. The summed E-state index contributed by atoms with van der Waals surface area (Å²) in [6.45, 7) is -0.624. The highest BCUT2D eigenvalue weighted by molar-refractivity contribution is 7.92. The molecular formula is C22H16N4O7S2. The maximum absolute atomic E-state index is 12.7. The van der Waals surface area contributed by atoms with Crippen molar-refractivity contribution in [1.29, 1.82) is 0 Å². The van der Waals surface area contributed by atoms with Gasteiger partial charge in [-0.15, -0.1) is 0 Å². The first-order valence-electron chi connectivity index (χ1n) is 9.92. The molecule has 0 radical (unpaired) electrons. The van der Waals surface area contributed by atoms with Crippen LogP contribution >= 0.6 is 11.3 Å². The summed E-state index contributed by atoms with van der Waals surface area (Å²) in [5, 5.41) is 13.9. The molecule has 0 aliphatic heterocycles. The molecule has 0 aliphatic carbocycles. The van der Waals surface area contributed by atoms with Gasteiger partial charge in [0.1, 0.15) is 0 Å². The number of carbonyl (C=O) groups excluding carboxylic acids is 2. The number of non-ortho nitro benzene ring substituents is 1. The highest BCUT2D eigenvalue weighted by atomic mass is 32.2. The Morgan fingerprint density at radius 3 is 2.54 bits per heavy atom. The zero-order valence-corrected chi connectivity index (χ0v) is 19.3. The number of sulfonamides is 1. The third kappa shape index (κ3) is 5.59. The largest absolute Gasteiger partial charge is 0.452 e. The Balaban J connectivity index is 1.44. The molecule has 4 aromatic rings. The topological polar surface area (TPSA) is 158 Å². The molecule has 0 saturated heterocycles. The first-order chi connectivity index (χ1) is 16.7. The highest BCUT2D eigenvalue weighted by Gasteiger charge is 2.22. The Morgan fingerprint density at radius 2 is 1.77 bits per heavy atom. The Kier molecular flexibility index (Phi) is 6.71. The van der Waals surface area contributed by atoms with Crippen LogP contribution in [0.2, 0.25) is 0 Å². The summed E-state index contributed by atoms with van der Waals surface area (Å²) in [7, 11) is -4.26. The van der Waals surface area contributed by atoms with Gasteiger partial charge in [0, 0.05) is 12.1 Å². The van der Waals surface area contributed by atoms with E-state index in [0.717, 1.165) is 22.3 Å². The van der Waals surface area contributed by atoms with Crippen LogP contribution in [0.4, 0.5) is 16.5 Å². The van der Waals surface area contributed by atoms with E-state index in [1.54, 1.807) is 6.07 Å². The first-order valence-corrected chi connectivity index (χ1v) is 12.2. The van der Waals surface area contributed by atoms with Gasteiger partial charge in [-0.2, -0.15) is 0 Å². The standard InChI is InChI=1S/C22H16N4O7S2/c27-20(24-22-23-18-10-3-4-11-19(18)34-22)13-33-21(28)16-8-1-2-9-17(16)25-35(31,32)15-7-5-6-14(12-15)26(29)30/h1-12,25H,13H2,(H,23,24,27). The second-order valence-corrected chi connectivity index (χ2v) is 9.73. The van der Waals surface area contributed by atoms with E-state index < -0.39 is 39.1 Å². The van der Waals surface area contributed by atoms with E-state index in [1.807, 2.05) is 18.2 Å². The van der Waals surface area contributed by atoms with Gasteiger partial charge in [0.05, 0.1) is 31.3 Å². The van der Waals surface area contributed by atoms with Crippen LogP contribution in [0, 0.1) is 10.1 Å². The number of esters is 1. The molecule has 1 heterocycles. The number of anilines is 2. The lowest BCUT2D eigenvalue weighted by molar-refractivity contribution is -0.385. The average molecular weight is 513 g/mol. The van der Waals surface area contributed by atoms with Gasteiger partial charge in [0.25, 0.3) is 21.6 Å². The summed E-state index contributed by atoms with van der Waals surface area (Å²) in [4.78, 5) is 39.0. The van der Waals surface area contributed by atoms with Crippen molar-refractivity contribution in [3.05, 3.63) is 88.5 Å². The number of carbonyl (C=O) groups is 2. The third-order valence-electron chi connectivity index (χ3n) is 4.60. The Labute approximate surface area is 202 Å². The molecule has 4 rings (SSSR count). The van der Waals surface area contributed by atoms with E-state index in [4.69, 9.17) is 4.74 Å². The second kappa shape index (κ2) is 9.87. The SMILES string of the molecule is O=C(COC(=O)c1ccccc1NS(=O)(=O)c1cccc([N+](=O)[O-])c1)Nc1nc2ccccc2s1. The number of nitrogens with zero attached hydrogens (tertiary/aromatic N) is 2. The lowest BCUT2D eigenvalue weighted by Crippen LogP contribution is -2.22. The maximum atomic E-state index is 12.7. The third-order valence-corrected chi connectivity index (χ3v) is 6.92. The van der Waals surface area contributed by atoms with Gasteiger partial charge in [-0.1, -0.05) is 41.7 Å². The quantitative estimate of drug-likeness (QED) is 0.205. The fourth-order valence-electron chi connectivity index (χ4n) is 3.01. The number of aromatic nitrogens is 1. The molecule has 3 aromatic carbocycles. The van der Waals surface area contributed by atoms with Gasteiger partial charge in [-0.05, 0) is 30.3 Å².